The minimum absolute atomic E-state index is 0. The van der Waals surface area contributed by atoms with Gasteiger partial charge in [-0.2, -0.15) is 0 Å². The Morgan fingerprint density at radius 1 is 1.06 bits per heavy atom. The van der Waals surface area contributed by atoms with Crippen molar-refractivity contribution in [1.82, 2.24) is 0 Å². The van der Waals surface area contributed by atoms with Crippen molar-refractivity contribution in [2.45, 2.75) is 20.3 Å². The summed E-state index contributed by atoms with van der Waals surface area (Å²) in [5, 5.41) is 33.8. The van der Waals surface area contributed by atoms with Gasteiger partial charge in [-0.1, -0.05) is 13.0 Å². The molecule has 0 aromatic carbocycles. The lowest BCUT2D eigenvalue weighted by Gasteiger charge is -2.24. The fourth-order valence-electron chi connectivity index (χ4n) is 0.628. The fourth-order valence-corrected chi connectivity index (χ4v) is 0.628. The van der Waals surface area contributed by atoms with E-state index in [4.69, 9.17) is 20.4 Å². The Bertz CT molecular complexity index is 171. The average Bonchev–Trinajstić information content (AvgIpc) is 2.23. The maximum atomic E-state index is 9.51. The molecule has 8 heteroatoms. The van der Waals surface area contributed by atoms with E-state index >= 15 is 0 Å². The van der Waals surface area contributed by atoms with E-state index in [-0.39, 0.29) is 36.2 Å². The number of carbonyl (C=O) groups is 1. The van der Waals surface area contributed by atoms with Crippen LogP contribution in [0.5, 0.6) is 0 Å². The molecule has 0 heterocycles. The molecule has 0 radical (unpaired) electrons. The second-order valence-electron chi connectivity index (χ2n) is 3.17. The summed E-state index contributed by atoms with van der Waals surface area (Å²) >= 11 is 0. The Morgan fingerprint density at radius 3 is 1.39 bits per heavy atom. The number of hydrogen-bond donors (Lipinski definition) is 4. The molecule has 0 aliphatic rings. The first kappa shape index (κ1) is 30.2. The molecule has 0 fully saturated rings. The van der Waals surface area contributed by atoms with Crippen LogP contribution in [0.4, 0.5) is 0 Å². The second-order valence-corrected chi connectivity index (χ2v) is 3.17. The van der Waals surface area contributed by atoms with Crippen LogP contribution in [0.15, 0.2) is 12.2 Å². The molecule has 0 aromatic heterocycles. The maximum Gasteiger partial charge on any atom is 0.327 e. The number of hydrogen-bond acceptors (Lipinski definition) is 4. The number of allylic oxidation sites excluding steroid dienone is 1. The highest BCUT2D eigenvalue weighted by Crippen LogP contribution is 2.18. The minimum Gasteiger partial charge on any atom is -0.478 e. The number of rotatable bonds is 5. The molecule has 10 N–H and O–H groups in total. The third-order valence-electron chi connectivity index (χ3n) is 2.07. The molecule has 0 spiro atoms. The van der Waals surface area contributed by atoms with Crippen LogP contribution in [0.1, 0.15) is 20.3 Å². The number of aliphatic hydroxyl groups excluding tert-OH is 3. The van der Waals surface area contributed by atoms with E-state index in [0.717, 1.165) is 6.08 Å². The van der Waals surface area contributed by atoms with Gasteiger partial charge in [0.25, 0.3) is 0 Å². The van der Waals surface area contributed by atoms with Crippen LogP contribution in [0.3, 0.4) is 0 Å². The van der Waals surface area contributed by atoms with Crippen molar-refractivity contribution in [2.24, 2.45) is 5.41 Å². The molecule has 0 unspecified atom stereocenters. The van der Waals surface area contributed by atoms with E-state index in [1.807, 2.05) is 6.92 Å². The summed E-state index contributed by atoms with van der Waals surface area (Å²) in [6, 6.07) is 0. The highest BCUT2D eigenvalue weighted by Gasteiger charge is 2.24. The maximum absolute atomic E-state index is 9.51. The van der Waals surface area contributed by atoms with Crippen LogP contribution in [0.2, 0.25) is 0 Å². The van der Waals surface area contributed by atoms with Gasteiger partial charge in [0.05, 0.1) is 19.8 Å². The summed E-state index contributed by atoms with van der Waals surface area (Å²) in [6.45, 7) is 3.01. The first-order valence-electron chi connectivity index (χ1n) is 4.70. The van der Waals surface area contributed by atoms with E-state index in [1.165, 1.54) is 6.08 Å². The van der Waals surface area contributed by atoms with Gasteiger partial charge in [-0.25, -0.2) is 4.79 Å². The van der Waals surface area contributed by atoms with Crippen LogP contribution < -0.4 is 0 Å². The van der Waals surface area contributed by atoms with E-state index in [9.17, 15) is 4.79 Å². The quantitative estimate of drug-likeness (QED) is 0.403. The normalized spacial score (nSPS) is 9.17. The van der Waals surface area contributed by atoms with E-state index in [1.54, 1.807) is 6.92 Å². The molecule has 0 rings (SSSR count). The Kier molecular flexibility index (Phi) is 30.8. The summed E-state index contributed by atoms with van der Waals surface area (Å²) in [7, 11) is 0. The van der Waals surface area contributed by atoms with Crippen LogP contribution in [0, 0.1) is 5.41 Å². The third kappa shape index (κ3) is 15.0. The molecule has 0 aliphatic heterocycles. The average molecular weight is 274 g/mol. The molecule has 0 bridgehead atoms. The van der Waals surface area contributed by atoms with E-state index in [2.05, 4.69) is 0 Å². The van der Waals surface area contributed by atoms with Gasteiger partial charge in [0.1, 0.15) is 0 Å². The molecule has 114 valence electrons. The van der Waals surface area contributed by atoms with Crippen LogP contribution >= 0.6 is 0 Å². The predicted molar refractivity (Wildman–Crippen MR) is 67.3 cm³/mol. The number of aliphatic hydroxyl groups is 3. The number of carboxylic acid groups (broad SMARTS) is 1. The zero-order chi connectivity index (χ0) is 12.3. The van der Waals surface area contributed by atoms with Gasteiger partial charge in [-0.05, 0) is 13.3 Å². The third-order valence-corrected chi connectivity index (χ3v) is 2.07. The van der Waals surface area contributed by atoms with Gasteiger partial charge in [0.2, 0.25) is 0 Å². The molecule has 0 amide bonds. The van der Waals surface area contributed by atoms with E-state index in [0.29, 0.717) is 6.42 Å². The molecule has 0 saturated carbocycles. The van der Waals surface area contributed by atoms with Gasteiger partial charge in [0.15, 0.2) is 0 Å². The minimum atomic E-state index is -0.891. The highest BCUT2D eigenvalue weighted by molar-refractivity contribution is 5.79. The monoisotopic (exact) mass is 274 g/mol. The molecule has 0 saturated heterocycles. The van der Waals surface area contributed by atoms with Gasteiger partial charge in [-0.3, -0.25) is 0 Å². The zero-order valence-corrected chi connectivity index (χ0v) is 10.7. The molecule has 0 aromatic rings. The molecule has 0 atom stereocenters. The zero-order valence-electron chi connectivity index (χ0n) is 10.7. The summed E-state index contributed by atoms with van der Waals surface area (Å²) in [4.78, 5) is 9.51. The first-order chi connectivity index (χ1) is 7.01. The van der Waals surface area contributed by atoms with Crippen molar-refractivity contribution < 1.29 is 41.6 Å². The van der Waals surface area contributed by atoms with Crippen molar-refractivity contribution in [2.75, 3.05) is 19.8 Å². The summed E-state index contributed by atoms with van der Waals surface area (Å²) < 4.78 is 0. The smallest absolute Gasteiger partial charge is 0.327 e. The van der Waals surface area contributed by atoms with Gasteiger partial charge in [0, 0.05) is 11.5 Å². The molecular weight excluding hydrogens is 248 g/mol. The predicted octanol–water partition coefficient (Wildman–Crippen LogP) is -2.47. The largest absolute Gasteiger partial charge is 0.478 e. The van der Waals surface area contributed by atoms with Crippen molar-refractivity contribution >= 4 is 5.97 Å². The summed E-state index contributed by atoms with van der Waals surface area (Å²) in [5.74, 6) is -0.891. The van der Waals surface area contributed by atoms with Gasteiger partial charge < -0.3 is 36.9 Å². The lowest BCUT2D eigenvalue weighted by molar-refractivity contribution is -0.131. The first-order valence-corrected chi connectivity index (χ1v) is 4.70. The van der Waals surface area contributed by atoms with Crippen LogP contribution in [0.25, 0.3) is 0 Å². The Morgan fingerprint density at radius 2 is 1.39 bits per heavy atom. The van der Waals surface area contributed by atoms with Crippen molar-refractivity contribution in [3.8, 4) is 0 Å². The Labute approximate surface area is 106 Å². The van der Waals surface area contributed by atoms with Crippen molar-refractivity contribution in [3.63, 3.8) is 0 Å². The Hall–Kier alpha value is -1.03. The van der Waals surface area contributed by atoms with Gasteiger partial charge in [-0.15, -0.1) is 0 Å². The standard InChI is InChI=1S/C6H14O3.C4H6O2.3H2O/c1-2-6(3-7,4-8)5-9;1-2-3-4(5)6;;;/h7-9H,2-5H2,1H3;2-3H,1H3,(H,5,6);3*1H2. The van der Waals surface area contributed by atoms with Gasteiger partial charge >= 0.3 is 5.97 Å². The topological polar surface area (TPSA) is 192 Å². The number of carboxylic acids is 1. The van der Waals surface area contributed by atoms with Crippen LogP contribution in [-0.4, -0.2) is 62.6 Å². The lowest BCUT2D eigenvalue weighted by atomic mass is 9.88. The molecule has 0 aliphatic carbocycles. The lowest BCUT2D eigenvalue weighted by Crippen LogP contribution is -2.32. The molecular formula is C10H26O8. The van der Waals surface area contributed by atoms with Crippen LogP contribution in [-0.2, 0) is 4.79 Å². The summed E-state index contributed by atoms with van der Waals surface area (Å²) in [5.41, 5.74) is -0.667. The SMILES string of the molecule is CC=CC(=O)O.CCC(CO)(CO)CO.O.O.O. The van der Waals surface area contributed by atoms with Crippen molar-refractivity contribution in [1.29, 1.82) is 0 Å². The summed E-state index contributed by atoms with van der Waals surface area (Å²) in [6.07, 6.45) is 3.15. The number of aliphatic carboxylic acids is 1. The fraction of sp³-hybridized carbons (Fsp3) is 0.700. The molecule has 18 heavy (non-hydrogen) atoms. The Balaban J connectivity index is -0.0000000566. The highest BCUT2D eigenvalue weighted by atomic mass is 16.4. The second kappa shape index (κ2) is 18.3. The molecule has 8 nitrogen and oxygen atoms in total. The van der Waals surface area contributed by atoms with E-state index < -0.39 is 11.4 Å². The van der Waals surface area contributed by atoms with Crippen molar-refractivity contribution in [3.05, 3.63) is 12.2 Å².